The van der Waals surface area contributed by atoms with Gasteiger partial charge in [0.1, 0.15) is 5.52 Å². The number of likely N-dealkylation sites (tertiary alicyclic amines) is 1. The van der Waals surface area contributed by atoms with Crippen LogP contribution in [0, 0.1) is 18.8 Å². The van der Waals surface area contributed by atoms with E-state index in [2.05, 4.69) is 23.7 Å². The minimum Gasteiger partial charge on any atom is -0.441 e. The maximum absolute atomic E-state index is 13.0. The van der Waals surface area contributed by atoms with Crippen molar-refractivity contribution in [2.24, 2.45) is 11.8 Å². The lowest BCUT2D eigenvalue weighted by atomic mass is 9.96. The molecule has 2 aliphatic rings. The van der Waals surface area contributed by atoms with Gasteiger partial charge in [0.2, 0.25) is 0 Å². The van der Waals surface area contributed by atoms with Gasteiger partial charge in [-0.2, -0.15) is 0 Å². The van der Waals surface area contributed by atoms with E-state index in [4.69, 9.17) is 9.15 Å². The van der Waals surface area contributed by atoms with Gasteiger partial charge < -0.3 is 19.2 Å². The molecule has 7 nitrogen and oxygen atoms in total. The third-order valence-corrected chi connectivity index (χ3v) is 5.83. The summed E-state index contributed by atoms with van der Waals surface area (Å²) in [5.41, 5.74) is 2.00. The minimum absolute atomic E-state index is 0.0133. The molecule has 7 heteroatoms. The van der Waals surface area contributed by atoms with E-state index in [1.807, 2.05) is 11.0 Å². The van der Waals surface area contributed by atoms with E-state index in [9.17, 15) is 9.90 Å². The van der Waals surface area contributed by atoms with E-state index in [0.29, 0.717) is 30.1 Å². The molecule has 2 fully saturated rings. The topological polar surface area (TPSA) is 79.0 Å². The normalized spacial score (nSPS) is 28.9. The number of aliphatic hydroxyl groups is 1. The number of morpholine rings is 1. The van der Waals surface area contributed by atoms with Crippen LogP contribution >= 0.6 is 0 Å². The van der Waals surface area contributed by atoms with Gasteiger partial charge >= 0.3 is 0 Å². The number of carbonyl (C=O) groups excluding carboxylic acids is 1. The molecule has 0 radical (unpaired) electrons. The number of hydrogen-bond donors (Lipinski definition) is 1. The lowest BCUT2D eigenvalue weighted by molar-refractivity contribution is -0.0726. The summed E-state index contributed by atoms with van der Waals surface area (Å²) in [6.45, 7) is 10.0. The zero-order valence-electron chi connectivity index (χ0n) is 16.8. The number of ether oxygens (including phenoxy) is 1. The Balaban J connectivity index is 1.45. The van der Waals surface area contributed by atoms with Crippen molar-refractivity contribution < 1.29 is 19.1 Å². The van der Waals surface area contributed by atoms with Crippen molar-refractivity contribution in [3.05, 3.63) is 29.7 Å². The summed E-state index contributed by atoms with van der Waals surface area (Å²) in [7, 11) is 0. The van der Waals surface area contributed by atoms with Crippen LogP contribution in [-0.4, -0.2) is 77.3 Å². The summed E-state index contributed by atoms with van der Waals surface area (Å²) in [5.74, 6) is 0.951. The number of amides is 1. The first-order valence-corrected chi connectivity index (χ1v) is 10.1. The van der Waals surface area contributed by atoms with Gasteiger partial charge in [-0.15, -0.1) is 0 Å². The molecule has 1 amide bonds. The van der Waals surface area contributed by atoms with Crippen molar-refractivity contribution in [2.75, 3.05) is 39.3 Å². The van der Waals surface area contributed by atoms with Crippen molar-refractivity contribution in [1.82, 2.24) is 14.8 Å². The Morgan fingerprint density at radius 1 is 1.18 bits per heavy atom. The van der Waals surface area contributed by atoms with Crippen LogP contribution in [0.25, 0.3) is 11.1 Å². The van der Waals surface area contributed by atoms with Gasteiger partial charge in [0.25, 0.3) is 5.91 Å². The molecule has 0 saturated carbocycles. The second-order valence-electron chi connectivity index (χ2n) is 8.30. The van der Waals surface area contributed by atoms with Gasteiger partial charge in [0, 0.05) is 57.7 Å². The van der Waals surface area contributed by atoms with Gasteiger partial charge in [-0.1, -0.05) is 0 Å². The third-order valence-electron chi connectivity index (χ3n) is 5.83. The second kappa shape index (κ2) is 7.81. The molecule has 0 spiro atoms. The average Bonchev–Trinajstić information content (AvgIpc) is 3.21. The maximum atomic E-state index is 13.0. The van der Waals surface area contributed by atoms with Crippen LogP contribution in [0.1, 0.15) is 30.1 Å². The Hall–Kier alpha value is -1.96. The smallest absolute Gasteiger partial charge is 0.254 e. The van der Waals surface area contributed by atoms with Gasteiger partial charge in [-0.05, 0) is 38.0 Å². The number of aromatic nitrogens is 1. The van der Waals surface area contributed by atoms with Crippen LogP contribution in [0.2, 0.25) is 0 Å². The average molecular weight is 387 g/mol. The van der Waals surface area contributed by atoms with E-state index < -0.39 is 0 Å². The largest absolute Gasteiger partial charge is 0.441 e. The summed E-state index contributed by atoms with van der Waals surface area (Å²) in [6, 6.07) is 5.40. The number of hydrogen-bond acceptors (Lipinski definition) is 6. The predicted octanol–water partition coefficient (Wildman–Crippen LogP) is 1.93. The number of oxazole rings is 1. The molecule has 28 heavy (non-hydrogen) atoms. The highest BCUT2D eigenvalue weighted by Crippen LogP contribution is 2.27. The fourth-order valence-electron chi connectivity index (χ4n) is 4.64. The lowest BCUT2D eigenvalue weighted by Crippen LogP contribution is -2.48. The first-order chi connectivity index (χ1) is 13.4. The molecule has 3 heterocycles. The van der Waals surface area contributed by atoms with E-state index in [-0.39, 0.29) is 36.6 Å². The van der Waals surface area contributed by atoms with Crippen molar-refractivity contribution in [3.63, 3.8) is 0 Å². The fraction of sp³-hybridized carbons (Fsp3) is 0.619. The minimum atomic E-state index is -0.0133. The first-order valence-electron chi connectivity index (χ1n) is 10.1. The third kappa shape index (κ3) is 3.92. The lowest BCUT2D eigenvalue weighted by Gasteiger charge is -2.37. The van der Waals surface area contributed by atoms with Gasteiger partial charge in [-0.25, -0.2) is 4.98 Å². The molecule has 0 bridgehead atoms. The molecular formula is C21H29N3O4. The molecule has 0 unspecified atom stereocenters. The summed E-state index contributed by atoms with van der Waals surface area (Å²) >= 11 is 0. The molecular weight excluding hydrogens is 358 g/mol. The van der Waals surface area contributed by atoms with Crippen LogP contribution in [0.4, 0.5) is 0 Å². The van der Waals surface area contributed by atoms with E-state index in [1.54, 1.807) is 19.1 Å². The van der Waals surface area contributed by atoms with Crippen LogP contribution in [-0.2, 0) is 4.74 Å². The Morgan fingerprint density at radius 3 is 2.61 bits per heavy atom. The molecule has 2 saturated heterocycles. The molecule has 4 rings (SSSR count). The summed E-state index contributed by atoms with van der Waals surface area (Å²) < 4.78 is 11.4. The van der Waals surface area contributed by atoms with E-state index >= 15 is 0 Å². The predicted molar refractivity (Wildman–Crippen MR) is 105 cm³/mol. The monoisotopic (exact) mass is 387 g/mol. The summed E-state index contributed by atoms with van der Waals surface area (Å²) in [6.07, 6.45) is 0.431. The number of carbonyl (C=O) groups is 1. The van der Waals surface area contributed by atoms with Gasteiger partial charge in [0.05, 0.1) is 12.2 Å². The van der Waals surface area contributed by atoms with Crippen LogP contribution in [0.5, 0.6) is 0 Å². The number of aryl methyl sites for hydroxylation is 1. The van der Waals surface area contributed by atoms with Crippen molar-refractivity contribution >= 4 is 17.0 Å². The SMILES string of the molecule is Cc1nc2ccc(C(=O)N3C[C@@H](CN4C[C@@H](C)O[C@@H](C)C4)[C@@H](CO)C3)cc2o1. The molecule has 1 aromatic carbocycles. The molecule has 2 aromatic rings. The highest BCUT2D eigenvalue weighted by molar-refractivity contribution is 5.97. The van der Waals surface area contributed by atoms with Crippen LogP contribution in [0.15, 0.2) is 22.6 Å². The van der Waals surface area contributed by atoms with Crippen molar-refractivity contribution in [2.45, 2.75) is 33.0 Å². The zero-order chi connectivity index (χ0) is 19.8. The molecule has 1 aromatic heterocycles. The van der Waals surface area contributed by atoms with Crippen LogP contribution in [0.3, 0.4) is 0 Å². The van der Waals surface area contributed by atoms with Gasteiger partial charge in [0.15, 0.2) is 11.5 Å². The molecule has 1 N–H and O–H groups in total. The van der Waals surface area contributed by atoms with Crippen LogP contribution < -0.4 is 0 Å². The fourth-order valence-corrected chi connectivity index (χ4v) is 4.64. The molecule has 152 valence electrons. The Bertz CT molecular complexity index is 841. The Morgan fingerprint density at radius 2 is 1.89 bits per heavy atom. The Kier molecular flexibility index (Phi) is 5.40. The number of rotatable bonds is 4. The molecule has 2 aliphatic heterocycles. The molecule has 4 atom stereocenters. The summed E-state index contributed by atoms with van der Waals surface area (Å²) in [5, 5.41) is 9.88. The van der Waals surface area contributed by atoms with E-state index in [0.717, 1.165) is 25.2 Å². The number of fused-ring (bicyclic) bond motifs is 1. The van der Waals surface area contributed by atoms with E-state index in [1.165, 1.54) is 0 Å². The summed E-state index contributed by atoms with van der Waals surface area (Å²) in [4.78, 5) is 21.6. The zero-order valence-corrected chi connectivity index (χ0v) is 16.8. The number of nitrogens with zero attached hydrogens (tertiary/aromatic N) is 3. The first kappa shape index (κ1) is 19.4. The molecule has 0 aliphatic carbocycles. The van der Waals surface area contributed by atoms with Gasteiger partial charge in [-0.3, -0.25) is 9.69 Å². The highest BCUT2D eigenvalue weighted by Gasteiger charge is 2.37. The number of benzene rings is 1. The quantitative estimate of drug-likeness (QED) is 0.864. The Labute approximate surface area is 165 Å². The standard InChI is InChI=1S/C21H29N3O4/c1-13-7-23(8-14(2)27-13)9-17-10-24(11-18(17)12-25)21(26)16-4-5-19-20(6-16)28-15(3)22-19/h4-6,13-14,17-18,25H,7-12H2,1-3H3/t13-,14+,17-,18-/m1/s1. The number of aliphatic hydroxyl groups excluding tert-OH is 1. The van der Waals surface area contributed by atoms with Crippen molar-refractivity contribution in [1.29, 1.82) is 0 Å². The second-order valence-corrected chi connectivity index (χ2v) is 8.30. The van der Waals surface area contributed by atoms with Crippen molar-refractivity contribution in [3.8, 4) is 0 Å². The maximum Gasteiger partial charge on any atom is 0.254 e. The highest BCUT2D eigenvalue weighted by atomic mass is 16.5.